The standard InChI is InChI=1S/C12H16ClNO2/c1-2-14-12(16)8-7-11(15)9-3-5-10(13)6-4-9/h3-6,11,15H,2,7-8H2,1H3,(H,14,16). The van der Waals surface area contributed by atoms with E-state index in [1.165, 1.54) is 0 Å². The molecule has 1 aromatic carbocycles. The summed E-state index contributed by atoms with van der Waals surface area (Å²) in [4.78, 5) is 11.2. The van der Waals surface area contributed by atoms with Crippen molar-refractivity contribution in [2.75, 3.05) is 6.54 Å². The minimum absolute atomic E-state index is 0.0319. The highest BCUT2D eigenvalue weighted by atomic mass is 35.5. The Morgan fingerprint density at radius 3 is 2.62 bits per heavy atom. The minimum Gasteiger partial charge on any atom is -0.388 e. The van der Waals surface area contributed by atoms with Crippen LogP contribution in [-0.2, 0) is 4.79 Å². The predicted molar refractivity (Wildman–Crippen MR) is 64.3 cm³/mol. The van der Waals surface area contributed by atoms with E-state index in [0.717, 1.165) is 5.56 Å². The van der Waals surface area contributed by atoms with Gasteiger partial charge in [0.15, 0.2) is 0 Å². The quantitative estimate of drug-likeness (QED) is 0.831. The van der Waals surface area contributed by atoms with E-state index in [9.17, 15) is 9.90 Å². The maximum absolute atomic E-state index is 11.2. The third kappa shape index (κ3) is 4.21. The summed E-state index contributed by atoms with van der Waals surface area (Å²) in [6.45, 7) is 2.49. The van der Waals surface area contributed by atoms with E-state index >= 15 is 0 Å². The molecule has 1 rings (SSSR count). The summed E-state index contributed by atoms with van der Waals surface area (Å²) in [5, 5.41) is 13.1. The van der Waals surface area contributed by atoms with Crippen molar-refractivity contribution in [3.8, 4) is 0 Å². The summed E-state index contributed by atoms with van der Waals surface area (Å²) in [5.41, 5.74) is 0.786. The SMILES string of the molecule is CCNC(=O)CCC(O)c1ccc(Cl)cc1. The molecule has 0 saturated carbocycles. The van der Waals surface area contributed by atoms with Gasteiger partial charge in [-0.1, -0.05) is 23.7 Å². The molecule has 0 aliphatic carbocycles. The van der Waals surface area contributed by atoms with Crippen LogP contribution in [0.25, 0.3) is 0 Å². The van der Waals surface area contributed by atoms with Gasteiger partial charge in [-0.3, -0.25) is 4.79 Å². The van der Waals surface area contributed by atoms with Crippen LogP contribution in [-0.4, -0.2) is 17.6 Å². The zero-order chi connectivity index (χ0) is 12.0. The molecule has 0 aliphatic heterocycles. The number of nitrogens with one attached hydrogen (secondary N) is 1. The number of benzene rings is 1. The second-order valence-corrected chi connectivity index (χ2v) is 4.00. The molecule has 1 unspecified atom stereocenters. The average molecular weight is 242 g/mol. The Hall–Kier alpha value is -1.06. The van der Waals surface area contributed by atoms with E-state index in [4.69, 9.17) is 11.6 Å². The van der Waals surface area contributed by atoms with Gasteiger partial charge in [0, 0.05) is 18.0 Å². The largest absolute Gasteiger partial charge is 0.388 e. The first-order valence-electron chi connectivity index (χ1n) is 5.33. The van der Waals surface area contributed by atoms with Crippen LogP contribution < -0.4 is 5.32 Å². The van der Waals surface area contributed by atoms with Gasteiger partial charge >= 0.3 is 0 Å². The summed E-state index contributed by atoms with van der Waals surface area (Å²) in [5.74, 6) is -0.0319. The normalized spacial score (nSPS) is 12.2. The molecule has 88 valence electrons. The van der Waals surface area contributed by atoms with Crippen molar-refractivity contribution in [1.82, 2.24) is 5.32 Å². The molecule has 0 fully saturated rings. The minimum atomic E-state index is -0.611. The van der Waals surface area contributed by atoms with Gasteiger partial charge in [-0.15, -0.1) is 0 Å². The van der Waals surface area contributed by atoms with Crippen molar-refractivity contribution in [3.63, 3.8) is 0 Å². The molecule has 1 aromatic rings. The number of carbonyl (C=O) groups excluding carboxylic acids is 1. The molecule has 1 amide bonds. The van der Waals surface area contributed by atoms with Gasteiger partial charge in [0.25, 0.3) is 0 Å². The van der Waals surface area contributed by atoms with Gasteiger partial charge < -0.3 is 10.4 Å². The van der Waals surface area contributed by atoms with Crippen LogP contribution in [0.4, 0.5) is 0 Å². The smallest absolute Gasteiger partial charge is 0.220 e. The van der Waals surface area contributed by atoms with Crippen LogP contribution in [0.5, 0.6) is 0 Å². The molecule has 3 nitrogen and oxygen atoms in total. The fourth-order valence-electron chi connectivity index (χ4n) is 1.40. The van der Waals surface area contributed by atoms with Gasteiger partial charge in [-0.05, 0) is 31.0 Å². The van der Waals surface area contributed by atoms with E-state index in [0.29, 0.717) is 24.4 Å². The van der Waals surface area contributed by atoms with E-state index in [1.807, 2.05) is 6.92 Å². The Labute approximate surface area is 100 Å². The van der Waals surface area contributed by atoms with Crippen molar-refractivity contribution in [2.24, 2.45) is 0 Å². The Balaban J connectivity index is 2.43. The highest BCUT2D eigenvalue weighted by Crippen LogP contribution is 2.20. The summed E-state index contributed by atoms with van der Waals surface area (Å²) >= 11 is 5.74. The first kappa shape index (κ1) is 13.0. The molecule has 16 heavy (non-hydrogen) atoms. The lowest BCUT2D eigenvalue weighted by Gasteiger charge is -2.10. The van der Waals surface area contributed by atoms with E-state index in [2.05, 4.69) is 5.32 Å². The predicted octanol–water partition coefficient (Wildman–Crippen LogP) is 2.29. The zero-order valence-corrected chi connectivity index (χ0v) is 10.00. The second kappa shape index (κ2) is 6.51. The molecule has 0 spiro atoms. The summed E-state index contributed by atoms with van der Waals surface area (Å²) in [6, 6.07) is 6.99. The molecule has 0 heterocycles. The molecule has 1 atom stereocenters. The number of hydrogen-bond donors (Lipinski definition) is 2. The van der Waals surface area contributed by atoms with Crippen LogP contribution in [0.3, 0.4) is 0 Å². The van der Waals surface area contributed by atoms with Crippen molar-refractivity contribution in [3.05, 3.63) is 34.9 Å². The Bertz CT molecular complexity index is 337. The van der Waals surface area contributed by atoms with Crippen LogP contribution in [0.15, 0.2) is 24.3 Å². The van der Waals surface area contributed by atoms with Crippen LogP contribution in [0.1, 0.15) is 31.4 Å². The third-order valence-electron chi connectivity index (χ3n) is 2.27. The number of amides is 1. The van der Waals surface area contributed by atoms with Gasteiger partial charge in [0.05, 0.1) is 6.10 Å². The number of halogens is 1. The van der Waals surface area contributed by atoms with Gasteiger partial charge in [-0.2, -0.15) is 0 Å². The van der Waals surface area contributed by atoms with Crippen molar-refractivity contribution >= 4 is 17.5 Å². The first-order chi connectivity index (χ1) is 7.63. The van der Waals surface area contributed by atoms with Crippen LogP contribution >= 0.6 is 11.6 Å². The lowest BCUT2D eigenvalue weighted by atomic mass is 10.0. The molecule has 0 aliphatic rings. The highest BCUT2D eigenvalue weighted by Gasteiger charge is 2.09. The number of rotatable bonds is 5. The van der Waals surface area contributed by atoms with E-state index < -0.39 is 6.10 Å². The fraction of sp³-hybridized carbons (Fsp3) is 0.417. The second-order valence-electron chi connectivity index (χ2n) is 3.56. The molecular formula is C12H16ClNO2. The topological polar surface area (TPSA) is 49.3 Å². The van der Waals surface area contributed by atoms with Gasteiger partial charge in [-0.25, -0.2) is 0 Å². The molecular weight excluding hydrogens is 226 g/mol. The zero-order valence-electron chi connectivity index (χ0n) is 9.24. The molecule has 2 N–H and O–H groups in total. The molecule has 0 aromatic heterocycles. The summed E-state index contributed by atoms with van der Waals surface area (Å²) in [7, 11) is 0. The maximum atomic E-state index is 11.2. The van der Waals surface area contributed by atoms with Crippen molar-refractivity contribution in [2.45, 2.75) is 25.9 Å². The Kier molecular flexibility index (Phi) is 5.29. The van der Waals surface area contributed by atoms with E-state index in [-0.39, 0.29) is 5.91 Å². The van der Waals surface area contributed by atoms with Crippen LogP contribution in [0.2, 0.25) is 5.02 Å². The Morgan fingerprint density at radius 2 is 2.06 bits per heavy atom. The number of aliphatic hydroxyl groups excluding tert-OH is 1. The van der Waals surface area contributed by atoms with Gasteiger partial charge in [0.1, 0.15) is 0 Å². The lowest BCUT2D eigenvalue weighted by molar-refractivity contribution is -0.121. The third-order valence-corrected chi connectivity index (χ3v) is 2.53. The monoisotopic (exact) mass is 241 g/mol. The molecule has 4 heteroatoms. The first-order valence-corrected chi connectivity index (χ1v) is 5.71. The maximum Gasteiger partial charge on any atom is 0.220 e. The summed E-state index contributed by atoms with van der Waals surface area (Å²) < 4.78 is 0. The van der Waals surface area contributed by atoms with Crippen molar-refractivity contribution < 1.29 is 9.90 Å². The van der Waals surface area contributed by atoms with Crippen LogP contribution in [0, 0.1) is 0 Å². The number of carbonyl (C=O) groups is 1. The highest BCUT2D eigenvalue weighted by molar-refractivity contribution is 6.30. The molecule has 0 radical (unpaired) electrons. The molecule has 0 bridgehead atoms. The number of aliphatic hydroxyl groups is 1. The lowest BCUT2D eigenvalue weighted by Crippen LogP contribution is -2.22. The van der Waals surface area contributed by atoms with E-state index in [1.54, 1.807) is 24.3 Å². The van der Waals surface area contributed by atoms with Crippen molar-refractivity contribution in [1.29, 1.82) is 0 Å². The Morgan fingerprint density at radius 1 is 1.44 bits per heavy atom. The number of hydrogen-bond acceptors (Lipinski definition) is 2. The average Bonchev–Trinajstić information content (AvgIpc) is 2.27. The fourth-order valence-corrected chi connectivity index (χ4v) is 1.53. The van der Waals surface area contributed by atoms with Gasteiger partial charge in [0.2, 0.25) is 5.91 Å². The summed E-state index contributed by atoms with van der Waals surface area (Å²) in [6.07, 6.45) is 0.144. The molecule has 0 saturated heterocycles.